The van der Waals surface area contributed by atoms with E-state index in [1.54, 1.807) is 6.92 Å². The Morgan fingerprint density at radius 1 is 1.31 bits per heavy atom. The highest BCUT2D eigenvalue weighted by Gasteiger charge is 2.09. The molecule has 0 saturated carbocycles. The lowest BCUT2D eigenvalue weighted by molar-refractivity contribution is 0.453. The van der Waals surface area contributed by atoms with Crippen molar-refractivity contribution in [2.75, 3.05) is 0 Å². The summed E-state index contributed by atoms with van der Waals surface area (Å²) < 4.78 is 4.94. The molecule has 0 aliphatic heterocycles. The number of halogens is 1. The first-order valence-electron chi connectivity index (χ1n) is 4.57. The van der Waals surface area contributed by atoms with Gasteiger partial charge in [-0.05, 0) is 19.1 Å². The number of hydrogen-bond acceptors (Lipinski definition) is 4. The van der Waals surface area contributed by atoms with Crippen LogP contribution in [0.5, 0.6) is 0 Å². The van der Waals surface area contributed by atoms with Crippen LogP contribution < -0.4 is 5.63 Å². The largest absolute Gasteiger partial charge is 0.423 e. The van der Waals surface area contributed by atoms with E-state index >= 15 is 0 Å². The molecule has 0 bridgehead atoms. The lowest BCUT2D eigenvalue weighted by Crippen LogP contribution is -2.06. The van der Waals surface area contributed by atoms with Gasteiger partial charge in [0.15, 0.2) is 10.2 Å². The average molecular weight is 254 g/mol. The molecule has 1 aromatic carbocycles. The summed E-state index contributed by atoms with van der Waals surface area (Å²) in [5.74, 6) is 0.337. The van der Waals surface area contributed by atoms with Crippen LogP contribution >= 0.6 is 23.4 Å². The van der Waals surface area contributed by atoms with Gasteiger partial charge in [-0.15, -0.1) is 0 Å². The van der Waals surface area contributed by atoms with Crippen LogP contribution in [0.1, 0.15) is 5.76 Å². The second kappa shape index (κ2) is 4.72. The lowest BCUT2D eigenvalue weighted by atomic mass is 10.4. The minimum absolute atomic E-state index is 0.220. The zero-order valence-electron chi connectivity index (χ0n) is 8.44. The number of aryl methyl sites for hydroxylation is 1. The van der Waals surface area contributed by atoms with Crippen molar-refractivity contribution in [3.8, 4) is 0 Å². The molecule has 1 heterocycles. The molecule has 0 fully saturated rings. The fourth-order valence-electron chi connectivity index (χ4n) is 1.10. The highest BCUT2D eigenvalue weighted by molar-refractivity contribution is 7.99. The number of benzene rings is 1. The Kier molecular flexibility index (Phi) is 3.31. The maximum atomic E-state index is 11.5. The van der Waals surface area contributed by atoms with Crippen LogP contribution in [0.4, 0.5) is 0 Å². The molecule has 0 unspecified atom stereocenters. The summed E-state index contributed by atoms with van der Waals surface area (Å²) in [5, 5.41) is 0.472. The molecule has 1 aromatic heterocycles. The Labute approximate surface area is 101 Å². The van der Waals surface area contributed by atoms with Crippen LogP contribution in [-0.4, -0.2) is 4.98 Å². The number of hydrogen-bond donors (Lipinski definition) is 0. The lowest BCUT2D eigenvalue weighted by Gasteiger charge is -2.00. The van der Waals surface area contributed by atoms with E-state index in [2.05, 4.69) is 4.98 Å². The van der Waals surface area contributed by atoms with E-state index in [1.165, 1.54) is 11.8 Å². The normalized spacial score (nSPS) is 10.4. The summed E-state index contributed by atoms with van der Waals surface area (Å²) in [7, 11) is 0. The summed E-state index contributed by atoms with van der Waals surface area (Å²) in [6.45, 7) is 1.60. The van der Waals surface area contributed by atoms with Gasteiger partial charge in [-0.1, -0.05) is 41.6 Å². The third kappa shape index (κ3) is 2.46. The molecule has 0 saturated heterocycles. The van der Waals surface area contributed by atoms with E-state index in [-0.39, 0.29) is 10.2 Å². The van der Waals surface area contributed by atoms with Crippen molar-refractivity contribution in [1.29, 1.82) is 0 Å². The van der Waals surface area contributed by atoms with Crippen LogP contribution in [-0.2, 0) is 0 Å². The van der Waals surface area contributed by atoms with Crippen LogP contribution in [0.15, 0.2) is 49.5 Å². The second-order valence-electron chi connectivity index (χ2n) is 3.07. The van der Waals surface area contributed by atoms with Crippen molar-refractivity contribution in [1.82, 2.24) is 4.98 Å². The predicted octanol–water partition coefficient (Wildman–Crippen LogP) is 3.15. The van der Waals surface area contributed by atoms with Crippen LogP contribution in [0.3, 0.4) is 0 Å². The fraction of sp³-hybridized carbons (Fsp3) is 0.0909. The van der Waals surface area contributed by atoms with E-state index in [9.17, 15) is 4.79 Å². The maximum Gasteiger partial charge on any atom is 0.369 e. The molecule has 82 valence electrons. The molecule has 2 rings (SSSR count). The number of nitrogens with zero attached hydrogens (tertiary/aromatic N) is 1. The van der Waals surface area contributed by atoms with Gasteiger partial charge < -0.3 is 4.42 Å². The van der Waals surface area contributed by atoms with Gasteiger partial charge in [-0.3, -0.25) is 0 Å². The molecule has 3 nitrogen and oxygen atoms in total. The van der Waals surface area contributed by atoms with E-state index in [4.69, 9.17) is 16.0 Å². The van der Waals surface area contributed by atoms with Crippen molar-refractivity contribution < 1.29 is 4.42 Å². The van der Waals surface area contributed by atoms with E-state index in [0.717, 1.165) is 4.90 Å². The summed E-state index contributed by atoms with van der Waals surface area (Å²) in [5.41, 5.74) is -0.462. The zero-order valence-corrected chi connectivity index (χ0v) is 10.0. The number of aromatic nitrogens is 1. The molecule has 0 atom stereocenters. The second-order valence-corrected chi connectivity index (χ2v) is 4.49. The molecule has 0 aliphatic carbocycles. The first kappa shape index (κ1) is 11.2. The molecule has 0 spiro atoms. The van der Waals surface area contributed by atoms with E-state index < -0.39 is 5.63 Å². The van der Waals surface area contributed by atoms with Gasteiger partial charge in [0, 0.05) is 4.90 Å². The van der Waals surface area contributed by atoms with E-state index in [0.29, 0.717) is 5.76 Å². The minimum Gasteiger partial charge on any atom is -0.423 e. The molecular weight excluding hydrogens is 246 g/mol. The Hall–Kier alpha value is -1.26. The summed E-state index contributed by atoms with van der Waals surface area (Å²) >= 11 is 7.03. The van der Waals surface area contributed by atoms with Crippen molar-refractivity contribution in [3.05, 3.63) is 51.7 Å². The van der Waals surface area contributed by atoms with Gasteiger partial charge in [0.1, 0.15) is 5.76 Å². The summed E-state index contributed by atoms with van der Waals surface area (Å²) in [6, 6.07) is 9.46. The molecule has 2 aromatic rings. The zero-order chi connectivity index (χ0) is 11.5. The molecule has 0 aliphatic rings. The van der Waals surface area contributed by atoms with Gasteiger partial charge in [-0.2, -0.15) is 0 Å². The Morgan fingerprint density at radius 3 is 2.69 bits per heavy atom. The Morgan fingerprint density at radius 2 is 2.00 bits per heavy atom. The molecule has 5 heteroatoms. The molecule has 0 N–H and O–H groups in total. The van der Waals surface area contributed by atoms with Crippen LogP contribution in [0.25, 0.3) is 0 Å². The van der Waals surface area contributed by atoms with Crippen molar-refractivity contribution in [2.24, 2.45) is 0 Å². The van der Waals surface area contributed by atoms with Crippen molar-refractivity contribution in [3.63, 3.8) is 0 Å². The van der Waals surface area contributed by atoms with Crippen molar-refractivity contribution >= 4 is 23.4 Å². The van der Waals surface area contributed by atoms with Crippen LogP contribution in [0, 0.1) is 6.92 Å². The van der Waals surface area contributed by atoms with Gasteiger partial charge in [0.05, 0.1) is 0 Å². The van der Waals surface area contributed by atoms with Crippen LogP contribution in [0.2, 0.25) is 5.15 Å². The van der Waals surface area contributed by atoms with Gasteiger partial charge >= 0.3 is 5.63 Å². The van der Waals surface area contributed by atoms with E-state index in [1.807, 2.05) is 30.3 Å². The predicted molar refractivity (Wildman–Crippen MR) is 63.1 cm³/mol. The average Bonchev–Trinajstić information content (AvgIpc) is 2.27. The van der Waals surface area contributed by atoms with Gasteiger partial charge in [0.2, 0.25) is 0 Å². The third-order valence-corrected chi connectivity index (χ3v) is 3.18. The maximum absolute atomic E-state index is 11.5. The Bertz CT molecular complexity index is 554. The first-order chi connectivity index (χ1) is 7.66. The molecule has 16 heavy (non-hydrogen) atoms. The monoisotopic (exact) mass is 253 g/mol. The topological polar surface area (TPSA) is 43.1 Å². The first-order valence-corrected chi connectivity index (χ1v) is 5.76. The van der Waals surface area contributed by atoms with Crippen molar-refractivity contribution in [2.45, 2.75) is 16.8 Å². The van der Waals surface area contributed by atoms with Gasteiger partial charge in [0.25, 0.3) is 0 Å². The fourth-order valence-corrected chi connectivity index (χ4v) is 2.05. The quantitative estimate of drug-likeness (QED) is 0.825. The van der Waals surface area contributed by atoms with Gasteiger partial charge in [-0.25, -0.2) is 9.78 Å². The highest BCUT2D eigenvalue weighted by Crippen LogP contribution is 2.24. The third-order valence-electron chi connectivity index (χ3n) is 1.87. The Balaban J connectivity index is 2.36. The highest BCUT2D eigenvalue weighted by atomic mass is 35.5. The summed E-state index contributed by atoms with van der Waals surface area (Å²) in [6.07, 6.45) is 0. The minimum atomic E-state index is -0.462. The molecular formula is C11H8ClNO2S. The molecule has 0 radical (unpaired) electrons. The number of rotatable bonds is 2. The molecule has 0 amide bonds. The smallest absolute Gasteiger partial charge is 0.369 e. The summed E-state index contributed by atoms with van der Waals surface area (Å²) in [4.78, 5) is 16.4. The SMILES string of the molecule is Cc1oc(=O)c(Sc2ccccc2)nc1Cl. The standard InChI is InChI=1S/C11H8ClNO2S/c1-7-9(12)13-10(11(14)15-7)16-8-5-3-2-4-6-8/h2-6H,1H3.